The lowest BCUT2D eigenvalue weighted by atomic mass is 10.0. The van der Waals surface area contributed by atoms with E-state index in [0.29, 0.717) is 0 Å². The first-order valence-corrected chi connectivity index (χ1v) is 6.35. The Kier molecular flexibility index (Phi) is 4.35. The average Bonchev–Trinajstić information content (AvgIpc) is 2.94. The van der Waals surface area contributed by atoms with Gasteiger partial charge in [0.25, 0.3) is 0 Å². The standard InChI is InChI=1S/C12H14FN3OS/c1-17-11(10(14)6-13)8-2-4-9(5-3-8)12-16-15-7-18-12/h2-5,7,10-11H,6,14H2,1H3/t10-,11-/m1/s1. The zero-order valence-electron chi connectivity index (χ0n) is 9.91. The van der Waals surface area contributed by atoms with E-state index in [0.717, 1.165) is 16.1 Å². The zero-order valence-corrected chi connectivity index (χ0v) is 10.7. The highest BCUT2D eigenvalue weighted by Crippen LogP contribution is 2.25. The number of hydrogen-bond donors (Lipinski definition) is 1. The predicted octanol–water partition coefficient (Wildman–Crippen LogP) is 2.19. The topological polar surface area (TPSA) is 61.0 Å². The number of alkyl halides is 1. The summed E-state index contributed by atoms with van der Waals surface area (Å²) in [5, 5.41) is 8.63. The van der Waals surface area contributed by atoms with Crippen molar-refractivity contribution in [2.75, 3.05) is 13.8 Å². The fraction of sp³-hybridized carbons (Fsp3) is 0.333. The Balaban J connectivity index is 2.21. The number of rotatable bonds is 5. The minimum absolute atomic E-state index is 0.432. The molecule has 0 spiro atoms. The van der Waals surface area contributed by atoms with Crippen LogP contribution in [-0.4, -0.2) is 30.0 Å². The summed E-state index contributed by atoms with van der Waals surface area (Å²) in [6.45, 7) is -0.614. The normalized spacial score (nSPS) is 14.4. The van der Waals surface area contributed by atoms with Crippen LogP contribution in [0.1, 0.15) is 11.7 Å². The Morgan fingerprint density at radius 2 is 2.11 bits per heavy atom. The fourth-order valence-corrected chi connectivity index (χ4v) is 2.31. The number of aromatic nitrogens is 2. The van der Waals surface area contributed by atoms with Crippen LogP contribution < -0.4 is 5.73 Å². The molecule has 0 amide bonds. The van der Waals surface area contributed by atoms with E-state index in [1.54, 1.807) is 5.51 Å². The molecule has 0 saturated carbocycles. The second kappa shape index (κ2) is 5.99. The van der Waals surface area contributed by atoms with Gasteiger partial charge in [0, 0.05) is 12.7 Å². The Morgan fingerprint density at radius 1 is 1.39 bits per heavy atom. The summed E-state index contributed by atoms with van der Waals surface area (Å²) in [5.41, 5.74) is 9.19. The van der Waals surface area contributed by atoms with Crippen molar-refractivity contribution < 1.29 is 9.13 Å². The largest absolute Gasteiger partial charge is 0.375 e. The molecule has 0 aliphatic heterocycles. The summed E-state index contributed by atoms with van der Waals surface area (Å²) >= 11 is 1.47. The van der Waals surface area contributed by atoms with Gasteiger partial charge < -0.3 is 10.5 Å². The molecule has 0 fully saturated rings. The van der Waals surface area contributed by atoms with E-state index in [1.165, 1.54) is 18.4 Å². The minimum atomic E-state index is -0.651. The van der Waals surface area contributed by atoms with Gasteiger partial charge in [0.1, 0.15) is 17.2 Å². The minimum Gasteiger partial charge on any atom is -0.375 e. The van der Waals surface area contributed by atoms with Crippen molar-refractivity contribution in [2.24, 2.45) is 5.73 Å². The highest BCUT2D eigenvalue weighted by atomic mass is 32.1. The van der Waals surface area contributed by atoms with Gasteiger partial charge in [-0.25, -0.2) is 4.39 Å². The van der Waals surface area contributed by atoms with Gasteiger partial charge in [-0.15, -0.1) is 10.2 Å². The highest BCUT2D eigenvalue weighted by Gasteiger charge is 2.19. The van der Waals surface area contributed by atoms with Gasteiger partial charge in [0.15, 0.2) is 0 Å². The third kappa shape index (κ3) is 2.72. The Bertz CT molecular complexity index is 475. The third-order valence-electron chi connectivity index (χ3n) is 2.67. The zero-order chi connectivity index (χ0) is 13.0. The van der Waals surface area contributed by atoms with Crippen LogP contribution in [0, 0.1) is 0 Å². The molecule has 0 bridgehead atoms. The van der Waals surface area contributed by atoms with Crippen LogP contribution in [0.25, 0.3) is 10.6 Å². The van der Waals surface area contributed by atoms with Crippen molar-refractivity contribution in [2.45, 2.75) is 12.1 Å². The summed E-state index contributed by atoms with van der Waals surface area (Å²) in [5.74, 6) is 0. The molecule has 2 rings (SSSR count). The summed E-state index contributed by atoms with van der Waals surface area (Å²) < 4.78 is 17.8. The van der Waals surface area contributed by atoms with Gasteiger partial charge in [-0.2, -0.15) is 0 Å². The highest BCUT2D eigenvalue weighted by molar-refractivity contribution is 7.12. The maximum absolute atomic E-state index is 12.6. The summed E-state index contributed by atoms with van der Waals surface area (Å²) in [6.07, 6.45) is -0.432. The first-order valence-electron chi connectivity index (χ1n) is 5.47. The number of benzene rings is 1. The molecule has 2 N–H and O–H groups in total. The van der Waals surface area contributed by atoms with Crippen LogP contribution in [0.4, 0.5) is 4.39 Å². The van der Waals surface area contributed by atoms with Crippen molar-refractivity contribution in [3.05, 3.63) is 35.3 Å². The number of methoxy groups -OCH3 is 1. The van der Waals surface area contributed by atoms with Crippen molar-refractivity contribution in [3.8, 4) is 10.6 Å². The second-order valence-corrected chi connectivity index (χ2v) is 4.67. The molecule has 0 unspecified atom stereocenters. The molecule has 0 aliphatic carbocycles. The number of nitrogens with zero attached hydrogens (tertiary/aromatic N) is 2. The fourth-order valence-electron chi connectivity index (χ4n) is 1.75. The first-order chi connectivity index (χ1) is 8.76. The lowest BCUT2D eigenvalue weighted by Gasteiger charge is -2.20. The molecular formula is C12H14FN3OS. The molecule has 1 aromatic carbocycles. The molecule has 1 heterocycles. The van der Waals surface area contributed by atoms with Gasteiger partial charge in [-0.05, 0) is 5.56 Å². The lowest BCUT2D eigenvalue weighted by Crippen LogP contribution is -2.31. The number of ether oxygens (including phenoxy) is 1. The molecule has 18 heavy (non-hydrogen) atoms. The Morgan fingerprint density at radius 3 is 2.61 bits per heavy atom. The van der Waals surface area contributed by atoms with Gasteiger partial charge in [0.2, 0.25) is 0 Å². The molecule has 2 aromatic rings. The molecule has 1 aromatic heterocycles. The first kappa shape index (κ1) is 13.1. The van der Waals surface area contributed by atoms with Crippen LogP contribution in [0.15, 0.2) is 29.8 Å². The van der Waals surface area contributed by atoms with E-state index in [1.807, 2.05) is 24.3 Å². The van der Waals surface area contributed by atoms with Crippen LogP contribution in [0.5, 0.6) is 0 Å². The maximum atomic E-state index is 12.6. The van der Waals surface area contributed by atoms with E-state index in [2.05, 4.69) is 10.2 Å². The van der Waals surface area contributed by atoms with Crippen LogP contribution >= 0.6 is 11.3 Å². The quantitative estimate of drug-likeness (QED) is 0.902. The average molecular weight is 267 g/mol. The number of nitrogens with two attached hydrogens (primary N) is 1. The van der Waals surface area contributed by atoms with E-state index in [4.69, 9.17) is 10.5 Å². The lowest BCUT2D eigenvalue weighted by molar-refractivity contribution is 0.0721. The number of halogens is 1. The molecule has 2 atom stereocenters. The molecule has 4 nitrogen and oxygen atoms in total. The Labute approximate surface area is 109 Å². The molecule has 0 radical (unpaired) electrons. The maximum Gasteiger partial charge on any atom is 0.147 e. The number of hydrogen-bond acceptors (Lipinski definition) is 5. The SMILES string of the molecule is CO[C@H](c1ccc(-c2nncs2)cc1)[C@H](N)CF. The second-order valence-electron chi connectivity index (χ2n) is 3.84. The van der Waals surface area contributed by atoms with Gasteiger partial charge >= 0.3 is 0 Å². The third-order valence-corrected chi connectivity index (χ3v) is 3.41. The monoisotopic (exact) mass is 267 g/mol. The van der Waals surface area contributed by atoms with E-state index < -0.39 is 18.8 Å². The van der Waals surface area contributed by atoms with E-state index in [-0.39, 0.29) is 0 Å². The van der Waals surface area contributed by atoms with E-state index >= 15 is 0 Å². The summed E-state index contributed by atoms with van der Waals surface area (Å²) in [7, 11) is 1.53. The van der Waals surface area contributed by atoms with Gasteiger partial charge in [0.05, 0.1) is 12.1 Å². The molecule has 6 heteroatoms. The van der Waals surface area contributed by atoms with Crippen molar-refractivity contribution in [1.29, 1.82) is 0 Å². The van der Waals surface area contributed by atoms with Crippen LogP contribution in [0.2, 0.25) is 0 Å². The predicted molar refractivity (Wildman–Crippen MR) is 69.0 cm³/mol. The molecule has 0 saturated heterocycles. The smallest absolute Gasteiger partial charge is 0.147 e. The van der Waals surface area contributed by atoms with E-state index in [9.17, 15) is 4.39 Å². The Hall–Kier alpha value is -1.37. The van der Waals surface area contributed by atoms with Crippen molar-refractivity contribution >= 4 is 11.3 Å². The van der Waals surface area contributed by atoms with Crippen LogP contribution in [0.3, 0.4) is 0 Å². The molecule has 96 valence electrons. The molecular weight excluding hydrogens is 253 g/mol. The van der Waals surface area contributed by atoms with Crippen molar-refractivity contribution in [3.63, 3.8) is 0 Å². The van der Waals surface area contributed by atoms with Crippen molar-refractivity contribution in [1.82, 2.24) is 10.2 Å². The molecule has 0 aliphatic rings. The summed E-state index contributed by atoms with van der Waals surface area (Å²) in [6, 6.07) is 6.92. The summed E-state index contributed by atoms with van der Waals surface area (Å²) in [4.78, 5) is 0. The van der Waals surface area contributed by atoms with Crippen LogP contribution in [-0.2, 0) is 4.74 Å². The van der Waals surface area contributed by atoms with Gasteiger partial charge in [-0.1, -0.05) is 35.6 Å². The van der Waals surface area contributed by atoms with Gasteiger partial charge in [-0.3, -0.25) is 0 Å².